The van der Waals surface area contributed by atoms with Crippen LogP contribution in [0.3, 0.4) is 0 Å². The lowest BCUT2D eigenvalue weighted by Gasteiger charge is -2.38. The predicted molar refractivity (Wildman–Crippen MR) is 79.7 cm³/mol. The van der Waals surface area contributed by atoms with Gasteiger partial charge in [-0.1, -0.05) is 30.3 Å². The molecule has 5 heteroatoms. The van der Waals surface area contributed by atoms with E-state index in [4.69, 9.17) is 14.3 Å². The molecular weight excluding hydrogens is 282 g/mol. The van der Waals surface area contributed by atoms with E-state index in [-0.39, 0.29) is 24.2 Å². The molecule has 3 aliphatic rings. The van der Waals surface area contributed by atoms with Gasteiger partial charge in [-0.05, 0) is 25.8 Å². The molecule has 2 aliphatic heterocycles. The largest absolute Gasteiger partial charge is 0.390 e. The van der Waals surface area contributed by atoms with Crippen molar-refractivity contribution >= 4 is 0 Å². The van der Waals surface area contributed by atoms with E-state index in [9.17, 15) is 5.11 Å². The van der Waals surface area contributed by atoms with Crippen molar-refractivity contribution in [2.24, 2.45) is 5.92 Å². The molecule has 0 radical (unpaired) electrons. The summed E-state index contributed by atoms with van der Waals surface area (Å²) in [5.74, 6) is -0.357. The predicted octanol–water partition coefficient (Wildman–Crippen LogP) is 1.70. The number of fused-ring (bicyclic) bond motifs is 3. The van der Waals surface area contributed by atoms with Gasteiger partial charge in [0.15, 0.2) is 5.79 Å². The van der Waals surface area contributed by atoms with Crippen LogP contribution in [0.15, 0.2) is 30.3 Å². The molecule has 5 atom stereocenters. The highest BCUT2D eigenvalue weighted by Crippen LogP contribution is 2.44. The fourth-order valence-electron chi connectivity index (χ4n) is 3.99. The molecule has 2 saturated heterocycles. The number of ether oxygens (including phenoxy) is 2. The van der Waals surface area contributed by atoms with Crippen LogP contribution in [0.4, 0.5) is 0 Å². The van der Waals surface area contributed by atoms with E-state index in [0.717, 1.165) is 6.54 Å². The number of benzene rings is 1. The summed E-state index contributed by atoms with van der Waals surface area (Å²) in [4.78, 5) is 5.92. The zero-order valence-electron chi connectivity index (χ0n) is 13.0. The summed E-state index contributed by atoms with van der Waals surface area (Å²) >= 11 is 0. The first-order valence-corrected chi connectivity index (χ1v) is 8.01. The van der Waals surface area contributed by atoms with Gasteiger partial charge in [-0.2, -0.15) is 5.06 Å². The average molecular weight is 305 g/mol. The Labute approximate surface area is 130 Å². The number of aliphatic hydroxyl groups excluding tert-OH is 1. The van der Waals surface area contributed by atoms with Crippen molar-refractivity contribution in [2.75, 3.05) is 6.61 Å². The Morgan fingerprint density at radius 3 is 2.68 bits per heavy atom. The lowest BCUT2D eigenvalue weighted by atomic mass is 9.80. The third kappa shape index (κ3) is 2.47. The minimum Gasteiger partial charge on any atom is -0.390 e. The number of hydrogen-bond donors (Lipinski definition) is 1. The Balaban J connectivity index is 1.57. The van der Waals surface area contributed by atoms with Crippen LogP contribution in [0, 0.1) is 5.92 Å². The van der Waals surface area contributed by atoms with E-state index < -0.39 is 11.9 Å². The molecular formula is C17H23NO4. The third-order valence-corrected chi connectivity index (χ3v) is 4.87. The Bertz CT molecular complexity index is 535. The molecule has 22 heavy (non-hydrogen) atoms. The van der Waals surface area contributed by atoms with Gasteiger partial charge in [0.05, 0.1) is 18.8 Å². The highest BCUT2D eigenvalue weighted by atomic mass is 16.8. The van der Waals surface area contributed by atoms with Gasteiger partial charge in [0.2, 0.25) is 0 Å². The highest BCUT2D eigenvalue weighted by molar-refractivity contribution is 5.15. The molecule has 0 spiro atoms. The molecule has 1 saturated carbocycles. The van der Waals surface area contributed by atoms with Crippen LogP contribution in [-0.2, 0) is 20.9 Å². The van der Waals surface area contributed by atoms with Gasteiger partial charge < -0.3 is 14.6 Å². The van der Waals surface area contributed by atoms with E-state index in [2.05, 4.69) is 12.1 Å². The van der Waals surface area contributed by atoms with Gasteiger partial charge >= 0.3 is 0 Å². The summed E-state index contributed by atoms with van der Waals surface area (Å²) in [5, 5.41) is 12.4. The van der Waals surface area contributed by atoms with Crippen LogP contribution in [0.2, 0.25) is 0 Å². The molecule has 4 rings (SSSR count). The van der Waals surface area contributed by atoms with Crippen LogP contribution < -0.4 is 0 Å². The first kappa shape index (κ1) is 14.6. The van der Waals surface area contributed by atoms with Crippen LogP contribution in [0.25, 0.3) is 0 Å². The maximum atomic E-state index is 10.4. The van der Waals surface area contributed by atoms with Crippen molar-refractivity contribution < 1.29 is 19.4 Å². The maximum Gasteiger partial charge on any atom is 0.163 e. The molecule has 0 unspecified atom stereocenters. The minimum absolute atomic E-state index is 0.135. The van der Waals surface area contributed by atoms with Crippen LogP contribution in [0.5, 0.6) is 0 Å². The van der Waals surface area contributed by atoms with Crippen molar-refractivity contribution in [1.29, 1.82) is 0 Å². The zero-order chi connectivity index (χ0) is 15.3. The van der Waals surface area contributed by atoms with E-state index in [1.54, 1.807) is 0 Å². The molecule has 120 valence electrons. The average Bonchev–Trinajstić information content (AvgIpc) is 3.00. The second-order valence-electron chi connectivity index (χ2n) is 6.98. The van der Waals surface area contributed by atoms with E-state index in [1.165, 1.54) is 5.56 Å². The van der Waals surface area contributed by atoms with Crippen molar-refractivity contribution in [3.05, 3.63) is 35.9 Å². The topological polar surface area (TPSA) is 51.2 Å². The number of nitrogens with zero attached hydrogens (tertiary/aromatic N) is 1. The molecule has 1 aliphatic carbocycles. The van der Waals surface area contributed by atoms with E-state index in [1.807, 2.05) is 37.1 Å². The molecule has 3 fully saturated rings. The first-order chi connectivity index (χ1) is 10.5. The summed E-state index contributed by atoms with van der Waals surface area (Å²) in [6.07, 6.45) is -0.184. The number of hydrogen-bond acceptors (Lipinski definition) is 5. The molecule has 5 nitrogen and oxygen atoms in total. The van der Waals surface area contributed by atoms with Crippen molar-refractivity contribution in [3.63, 3.8) is 0 Å². The van der Waals surface area contributed by atoms with Gasteiger partial charge in [-0.15, -0.1) is 0 Å². The maximum absolute atomic E-state index is 10.4. The number of aliphatic hydroxyl groups is 1. The third-order valence-electron chi connectivity index (χ3n) is 4.87. The summed E-state index contributed by atoms with van der Waals surface area (Å²) in [6, 6.07) is 10.4. The molecule has 1 aromatic rings. The summed E-state index contributed by atoms with van der Waals surface area (Å²) in [5.41, 5.74) is 1.21. The van der Waals surface area contributed by atoms with E-state index >= 15 is 0 Å². The Morgan fingerprint density at radius 1 is 1.18 bits per heavy atom. The second kappa shape index (κ2) is 5.28. The first-order valence-electron chi connectivity index (χ1n) is 8.01. The smallest absolute Gasteiger partial charge is 0.163 e. The molecule has 2 heterocycles. The summed E-state index contributed by atoms with van der Waals surface area (Å²) in [6.45, 7) is 5.18. The Morgan fingerprint density at radius 2 is 1.91 bits per heavy atom. The van der Waals surface area contributed by atoms with Gasteiger partial charge in [-0.3, -0.25) is 4.84 Å². The zero-order valence-corrected chi connectivity index (χ0v) is 13.0. The standard InChI is InChI=1S/C17H23NO4/c1-17(2)21-15-13(19)8-12-10-20-18(14(12)16(15)22-17)9-11-6-4-3-5-7-11/h3-7,12-16,19H,8-10H2,1-2H3/t12-,13+,14+,15+,16-/m1/s1. The van der Waals surface area contributed by atoms with Gasteiger partial charge in [0, 0.05) is 12.5 Å². The SMILES string of the molecule is CC1(C)O[C@@H]2[C@H](O1)[C@@H]1[C@@H](CON1Cc1ccccc1)C[C@@H]2O. The molecule has 0 amide bonds. The second-order valence-corrected chi connectivity index (χ2v) is 6.98. The highest BCUT2D eigenvalue weighted by Gasteiger charge is 2.57. The van der Waals surface area contributed by atoms with Crippen molar-refractivity contribution in [1.82, 2.24) is 5.06 Å². The van der Waals surface area contributed by atoms with Gasteiger partial charge in [-0.25, -0.2) is 0 Å². The molecule has 1 aromatic carbocycles. The van der Waals surface area contributed by atoms with Crippen LogP contribution in [-0.4, -0.2) is 46.9 Å². The van der Waals surface area contributed by atoms with Crippen molar-refractivity contribution in [3.8, 4) is 0 Å². The Hall–Kier alpha value is -0.980. The molecule has 0 bridgehead atoms. The molecule has 0 aromatic heterocycles. The quantitative estimate of drug-likeness (QED) is 0.901. The van der Waals surface area contributed by atoms with Crippen molar-refractivity contribution in [2.45, 2.75) is 57.0 Å². The fourth-order valence-corrected chi connectivity index (χ4v) is 3.99. The molecule has 1 N–H and O–H groups in total. The van der Waals surface area contributed by atoms with Crippen LogP contribution in [0.1, 0.15) is 25.8 Å². The Kier molecular flexibility index (Phi) is 3.51. The van der Waals surface area contributed by atoms with Gasteiger partial charge in [0.25, 0.3) is 0 Å². The normalized spacial score (nSPS) is 40.4. The summed E-state index contributed by atoms with van der Waals surface area (Å²) in [7, 11) is 0. The van der Waals surface area contributed by atoms with Crippen LogP contribution >= 0.6 is 0 Å². The monoisotopic (exact) mass is 305 g/mol. The number of rotatable bonds is 2. The van der Waals surface area contributed by atoms with E-state index in [0.29, 0.717) is 13.0 Å². The lowest BCUT2D eigenvalue weighted by molar-refractivity contribution is -0.181. The summed E-state index contributed by atoms with van der Waals surface area (Å²) < 4.78 is 12.0. The van der Waals surface area contributed by atoms with Gasteiger partial charge in [0.1, 0.15) is 12.2 Å². The number of hydroxylamine groups is 2. The fraction of sp³-hybridized carbons (Fsp3) is 0.647. The minimum atomic E-state index is -0.647. The lowest BCUT2D eigenvalue weighted by Crippen LogP contribution is -2.55.